The number of anilines is 1. The second-order valence-electron chi connectivity index (χ2n) is 4.71. The van der Waals surface area contributed by atoms with E-state index in [1.165, 1.54) is 13.2 Å². The van der Waals surface area contributed by atoms with E-state index in [1.54, 1.807) is 12.1 Å². The number of methoxy groups -OCH3 is 1. The van der Waals surface area contributed by atoms with Crippen LogP contribution in [-0.2, 0) is 9.84 Å². The first-order valence-electron chi connectivity index (χ1n) is 6.23. The average molecular weight is 269 g/mol. The minimum Gasteiger partial charge on any atom is -0.497 e. The summed E-state index contributed by atoms with van der Waals surface area (Å²) in [6.45, 7) is 0. The van der Waals surface area contributed by atoms with Crippen LogP contribution in [0.1, 0.15) is 32.1 Å². The smallest absolute Gasteiger partial charge is 0.183 e. The molecule has 0 amide bonds. The zero-order valence-electron chi connectivity index (χ0n) is 10.6. The van der Waals surface area contributed by atoms with Crippen LogP contribution < -0.4 is 10.5 Å². The number of nitrogen functional groups attached to an aromatic ring is 1. The minimum absolute atomic E-state index is 0.216. The van der Waals surface area contributed by atoms with Gasteiger partial charge in [-0.15, -0.1) is 0 Å². The summed E-state index contributed by atoms with van der Waals surface area (Å²) >= 11 is 0. The molecule has 0 radical (unpaired) electrons. The van der Waals surface area contributed by atoms with Crippen LogP contribution in [-0.4, -0.2) is 20.8 Å². The lowest BCUT2D eigenvalue weighted by Crippen LogP contribution is -2.24. The van der Waals surface area contributed by atoms with Crippen LogP contribution in [0.4, 0.5) is 5.69 Å². The Morgan fingerprint density at radius 2 is 1.89 bits per heavy atom. The first-order chi connectivity index (χ1) is 8.55. The molecule has 1 aliphatic carbocycles. The van der Waals surface area contributed by atoms with Gasteiger partial charge in [-0.2, -0.15) is 0 Å². The lowest BCUT2D eigenvalue weighted by molar-refractivity contribution is 0.413. The Bertz CT molecular complexity index is 519. The zero-order valence-corrected chi connectivity index (χ0v) is 11.4. The molecule has 0 aromatic heterocycles. The number of rotatable bonds is 3. The summed E-state index contributed by atoms with van der Waals surface area (Å²) in [5.41, 5.74) is 6.11. The van der Waals surface area contributed by atoms with Gasteiger partial charge in [0.1, 0.15) is 5.75 Å². The fourth-order valence-corrected chi connectivity index (χ4v) is 4.43. The number of nitrogens with two attached hydrogens (primary N) is 1. The van der Waals surface area contributed by atoms with E-state index >= 15 is 0 Å². The second-order valence-corrected chi connectivity index (χ2v) is 6.91. The number of sulfone groups is 1. The first-order valence-corrected chi connectivity index (χ1v) is 7.78. The topological polar surface area (TPSA) is 69.4 Å². The summed E-state index contributed by atoms with van der Waals surface area (Å²) in [6.07, 6.45) is 4.55. The molecule has 4 nitrogen and oxygen atoms in total. The van der Waals surface area contributed by atoms with Crippen molar-refractivity contribution in [1.82, 2.24) is 0 Å². The van der Waals surface area contributed by atoms with Crippen molar-refractivity contribution in [1.29, 1.82) is 0 Å². The van der Waals surface area contributed by atoms with Gasteiger partial charge in [0.25, 0.3) is 0 Å². The summed E-state index contributed by atoms with van der Waals surface area (Å²) in [6, 6.07) is 4.79. The maximum atomic E-state index is 12.5. The third-order valence-electron chi connectivity index (χ3n) is 3.52. The van der Waals surface area contributed by atoms with Gasteiger partial charge in [0.15, 0.2) is 9.84 Å². The molecule has 0 saturated heterocycles. The fraction of sp³-hybridized carbons (Fsp3) is 0.538. The molecule has 0 bridgehead atoms. The minimum atomic E-state index is -3.33. The summed E-state index contributed by atoms with van der Waals surface area (Å²) in [7, 11) is -1.81. The van der Waals surface area contributed by atoms with E-state index in [2.05, 4.69) is 0 Å². The highest BCUT2D eigenvalue weighted by molar-refractivity contribution is 7.92. The SMILES string of the molecule is COc1ccc(N)c(S(=O)(=O)C2CCCCC2)c1. The van der Waals surface area contributed by atoms with Gasteiger partial charge in [0.05, 0.1) is 22.9 Å². The van der Waals surface area contributed by atoms with E-state index in [4.69, 9.17) is 10.5 Å². The Labute approximate surface area is 108 Å². The van der Waals surface area contributed by atoms with Gasteiger partial charge in [-0.3, -0.25) is 0 Å². The maximum Gasteiger partial charge on any atom is 0.183 e. The van der Waals surface area contributed by atoms with Crippen molar-refractivity contribution >= 4 is 15.5 Å². The van der Waals surface area contributed by atoms with E-state index in [1.807, 2.05) is 0 Å². The van der Waals surface area contributed by atoms with Crippen molar-refractivity contribution in [2.45, 2.75) is 42.2 Å². The van der Waals surface area contributed by atoms with Gasteiger partial charge in [0, 0.05) is 6.07 Å². The van der Waals surface area contributed by atoms with Gasteiger partial charge in [-0.25, -0.2) is 8.42 Å². The molecule has 100 valence electrons. The van der Waals surface area contributed by atoms with E-state index in [9.17, 15) is 8.42 Å². The molecule has 18 heavy (non-hydrogen) atoms. The van der Waals surface area contributed by atoms with E-state index in [0.29, 0.717) is 11.4 Å². The van der Waals surface area contributed by atoms with Gasteiger partial charge >= 0.3 is 0 Å². The normalized spacial score (nSPS) is 17.6. The van der Waals surface area contributed by atoms with Gasteiger partial charge in [-0.05, 0) is 25.0 Å². The summed E-state index contributed by atoms with van der Waals surface area (Å²) in [5.74, 6) is 0.526. The van der Waals surface area contributed by atoms with Crippen molar-refractivity contribution in [3.8, 4) is 5.75 Å². The van der Waals surface area contributed by atoms with E-state index in [-0.39, 0.29) is 10.1 Å². The van der Waals surface area contributed by atoms with Crippen molar-refractivity contribution in [3.05, 3.63) is 18.2 Å². The van der Waals surface area contributed by atoms with Crippen LogP contribution >= 0.6 is 0 Å². The molecule has 1 aliphatic rings. The number of benzene rings is 1. The maximum absolute atomic E-state index is 12.5. The van der Waals surface area contributed by atoms with Gasteiger partial charge < -0.3 is 10.5 Å². The molecule has 0 atom stereocenters. The number of hydrogen-bond donors (Lipinski definition) is 1. The first kappa shape index (κ1) is 13.2. The molecule has 1 saturated carbocycles. The summed E-state index contributed by atoms with van der Waals surface area (Å²) in [5, 5.41) is -0.291. The zero-order chi connectivity index (χ0) is 13.2. The molecular formula is C13H19NO3S. The highest BCUT2D eigenvalue weighted by Gasteiger charge is 2.30. The van der Waals surface area contributed by atoms with Crippen LogP contribution in [0, 0.1) is 0 Å². The molecule has 2 N–H and O–H groups in total. The molecule has 1 aromatic carbocycles. The molecule has 5 heteroatoms. The van der Waals surface area contributed by atoms with Crippen LogP contribution in [0.5, 0.6) is 5.75 Å². The predicted molar refractivity (Wildman–Crippen MR) is 71.5 cm³/mol. The highest BCUT2D eigenvalue weighted by atomic mass is 32.2. The summed E-state index contributed by atoms with van der Waals surface area (Å²) < 4.78 is 30.2. The Hall–Kier alpha value is -1.23. The fourth-order valence-electron chi connectivity index (χ4n) is 2.44. The predicted octanol–water partition coefficient (Wildman–Crippen LogP) is 2.38. The average Bonchev–Trinajstić information content (AvgIpc) is 2.40. The Balaban J connectivity index is 2.39. The highest BCUT2D eigenvalue weighted by Crippen LogP contribution is 2.32. The molecule has 1 fully saturated rings. The molecule has 0 heterocycles. The monoisotopic (exact) mass is 269 g/mol. The molecule has 1 aromatic rings. The van der Waals surface area contributed by atoms with Gasteiger partial charge in [0.2, 0.25) is 0 Å². The lowest BCUT2D eigenvalue weighted by Gasteiger charge is -2.22. The van der Waals surface area contributed by atoms with E-state index in [0.717, 1.165) is 32.1 Å². The third-order valence-corrected chi connectivity index (χ3v) is 5.83. The van der Waals surface area contributed by atoms with Crippen molar-refractivity contribution in [2.24, 2.45) is 0 Å². The molecule has 2 rings (SSSR count). The Morgan fingerprint density at radius 1 is 1.22 bits per heavy atom. The lowest BCUT2D eigenvalue weighted by atomic mass is 10.0. The van der Waals surface area contributed by atoms with Crippen LogP contribution in [0.15, 0.2) is 23.1 Å². The standard InChI is InChI=1S/C13H19NO3S/c1-17-10-7-8-12(14)13(9-10)18(15,16)11-5-3-2-4-6-11/h7-9,11H,2-6,14H2,1H3. The number of ether oxygens (including phenoxy) is 1. The van der Waals surface area contributed by atoms with Crippen LogP contribution in [0.25, 0.3) is 0 Å². The quantitative estimate of drug-likeness (QED) is 0.855. The summed E-state index contributed by atoms with van der Waals surface area (Å²) in [4.78, 5) is 0.216. The molecule has 0 aliphatic heterocycles. The molecule has 0 unspecified atom stereocenters. The second kappa shape index (κ2) is 5.18. The largest absolute Gasteiger partial charge is 0.497 e. The van der Waals surface area contributed by atoms with Crippen molar-refractivity contribution < 1.29 is 13.2 Å². The number of hydrogen-bond acceptors (Lipinski definition) is 4. The molecule has 0 spiro atoms. The Morgan fingerprint density at radius 3 is 2.50 bits per heavy atom. The Kier molecular flexibility index (Phi) is 3.80. The van der Waals surface area contributed by atoms with Crippen molar-refractivity contribution in [3.63, 3.8) is 0 Å². The van der Waals surface area contributed by atoms with Gasteiger partial charge in [-0.1, -0.05) is 19.3 Å². The molecular weight excluding hydrogens is 250 g/mol. The van der Waals surface area contributed by atoms with E-state index < -0.39 is 9.84 Å². The van der Waals surface area contributed by atoms with Crippen LogP contribution in [0.2, 0.25) is 0 Å². The third kappa shape index (κ3) is 2.46. The van der Waals surface area contributed by atoms with Crippen molar-refractivity contribution in [2.75, 3.05) is 12.8 Å². The van der Waals surface area contributed by atoms with Crippen LogP contribution in [0.3, 0.4) is 0 Å².